The summed E-state index contributed by atoms with van der Waals surface area (Å²) in [6, 6.07) is 16.8. The molecule has 5 nitrogen and oxygen atoms in total. The Morgan fingerprint density at radius 2 is 1.84 bits per heavy atom. The van der Waals surface area contributed by atoms with Gasteiger partial charge in [-0.25, -0.2) is 13.8 Å². The molecule has 1 amide bonds. The SMILES string of the molecule is CC(OC(=O)Cc1cccc2ccccc12)C(=O)Nc1nc(-c2ccc(F)c(F)c2)cs1. The summed E-state index contributed by atoms with van der Waals surface area (Å²) in [6.45, 7) is 1.47. The number of thiazole rings is 1. The normalized spacial score (nSPS) is 11.8. The van der Waals surface area contributed by atoms with Crippen molar-refractivity contribution >= 4 is 39.1 Å². The van der Waals surface area contributed by atoms with E-state index in [0.717, 1.165) is 39.8 Å². The van der Waals surface area contributed by atoms with E-state index < -0.39 is 29.6 Å². The molecule has 0 radical (unpaired) electrons. The number of amides is 1. The number of hydrogen-bond acceptors (Lipinski definition) is 5. The van der Waals surface area contributed by atoms with Crippen LogP contribution in [-0.2, 0) is 20.7 Å². The maximum Gasteiger partial charge on any atom is 0.311 e. The molecule has 4 aromatic rings. The van der Waals surface area contributed by atoms with Gasteiger partial charge >= 0.3 is 5.97 Å². The van der Waals surface area contributed by atoms with Crippen molar-refractivity contribution in [3.05, 3.63) is 83.2 Å². The van der Waals surface area contributed by atoms with Crippen molar-refractivity contribution in [3.8, 4) is 11.3 Å². The highest BCUT2D eigenvalue weighted by atomic mass is 32.1. The standard InChI is InChI=1S/C24H18F2N2O3S/c1-14(31-22(29)12-16-7-4-6-15-5-2-3-8-18(15)16)23(30)28-24-27-21(13-32-24)17-9-10-19(25)20(26)11-17/h2-11,13-14H,12H2,1H3,(H,27,28,30). The zero-order valence-electron chi connectivity index (χ0n) is 17.0. The molecule has 162 valence electrons. The number of ether oxygens (including phenoxy) is 1. The Labute approximate surface area is 186 Å². The minimum atomic E-state index is -1.03. The summed E-state index contributed by atoms with van der Waals surface area (Å²) in [5.74, 6) is -2.99. The van der Waals surface area contributed by atoms with Crippen LogP contribution in [0.25, 0.3) is 22.0 Å². The van der Waals surface area contributed by atoms with Gasteiger partial charge in [0.15, 0.2) is 22.9 Å². The molecule has 1 atom stereocenters. The van der Waals surface area contributed by atoms with Gasteiger partial charge in [0.2, 0.25) is 0 Å². The lowest BCUT2D eigenvalue weighted by Crippen LogP contribution is -2.30. The van der Waals surface area contributed by atoms with E-state index in [1.807, 2.05) is 42.5 Å². The molecule has 0 saturated heterocycles. The fourth-order valence-corrected chi connectivity index (χ4v) is 3.94. The highest BCUT2D eigenvalue weighted by Crippen LogP contribution is 2.26. The van der Waals surface area contributed by atoms with Crippen LogP contribution in [0, 0.1) is 11.6 Å². The second kappa shape index (κ2) is 9.23. The monoisotopic (exact) mass is 452 g/mol. The summed E-state index contributed by atoms with van der Waals surface area (Å²) < 4.78 is 31.8. The second-order valence-electron chi connectivity index (χ2n) is 7.10. The summed E-state index contributed by atoms with van der Waals surface area (Å²) in [4.78, 5) is 29.0. The number of anilines is 1. The van der Waals surface area contributed by atoms with Gasteiger partial charge in [-0.15, -0.1) is 11.3 Å². The molecule has 8 heteroatoms. The molecule has 0 aliphatic rings. The van der Waals surface area contributed by atoms with Crippen molar-refractivity contribution in [2.24, 2.45) is 0 Å². The van der Waals surface area contributed by atoms with Gasteiger partial charge in [-0.2, -0.15) is 0 Å². The van der Waals surface area contributed by atoms with E-state index in [4.69, 9.17) is 4.74 Å². The number of rotatable bonds is 6. The van der Waals surface area contributed by atoms with E-state index in [2.05, 4.69) is 10.3 Å². The first-order valence-electron chi connectivity index (χ1n) is 9.78. The van der Waals surface area contributed by atoms with Crippen molar-refractivity contribution in [3.63, 3.8) is 0 Å². The van der Waals surface area contributed by atoms with Crippen LogP contribution in [0.2, 0.25) is 0 Å². The number of fused-ring (bicyclic) bond motifs is 1. The zero-order chi connectivity index (χ0) is 22.7. The minimum Gasteiger partial charge on any atom is -0.452 e. The Morgan fingerprint density at radius 1 is 1.06 bits per heavy atom. The largest absolute Gasteiger partial charge is 0.452 e. The van der Waals surface area contributed by atoms with Crippen molar-refractivity contribution in [1.82, 2.24) is 4.98 Å². The molecule has 0 bridgehead atoms. The van der Waals surface area contributed by atoms with E-state index >= 15 is 0 Å². The lowest BCUT2D eigenvalue weighted by molar-refractivity contribution is -0.152. The van der Waals surface area contributed by atoms with E-state index in [9.17, 15) is 18.4 Å². The van der Waals surface area contributed by atoms with E-state index in [1.165, 1.54) is 13.0 Å². The first kappa shape index (κ1) is 21.6. The smallest absolute Gasteiger partial charge is 0.311 e. The Hall–Kier alpha value is -3.65. The predicted molar refractivity (Wildman–Crippen MR) is 119 cm³/mol. The van der Waals surface area contributed by atoms with E-state index in [0.29, 0.717) is 11.3 Å². The lowest BCUT2D eigenvalue weighted by atomic mass is 10.0. The number of carbonyl (C=O) groups is 2. The molecular formula is C24H18F2N2O3S. The average Bonchev–Trinajstić information content (AvgIpc) is 3.24. The molecule has 1 aromatic heterocycles. The number of benzene rings is 3. The van der Waals surface area contributed by atoms with Crippen LogP contribution in [-0.4, -0.2) is 23.0 Å². The second-order valence-corrected chi connectivity index (χ2v) is 7.96. The molecule has 4 rings (SSSR count). The number of nitrogens with one attached hydrogen (secondary N) is 1. The van der Waals surface area contributed by atoms with Crippen molar-refractivity contribution < 1.29 is 23.1 Å². The van der Waals surface area contributed by atoms with Gasteiger partial charge in [0.05, 0.1) is 12.1 Å². The first-order chi connectivity index (χ1) is 15.4. The number of carbonyl (C=O) groups excluding carboxylic acids is 2. The number of nitrogens with zero attached hydrogens (tertiary/aromatic N) is 1. The highest BCUT2D eigenvalue weighted by molar-refractivity contribution is 7.14. The predicted octanol–water partition coefficient (Wildman–Crippen LogP) is 5.35. The third-order valence-corrected chi connectivity index (χ3v) is 5.60. The summed E-state index contributed by atoms with van der Waals surface area (Å²) in [5, 5.41) is 6.42. The van der Waals surface area contributed by atoms with Crippen LogP contribution >= 0.6 is 11.3 Å². The van der Waals surface area contributed by atoms with Gasteiger partial charge in [0.1, 0.15) is 0 Å². The van der Waals surface area contributed by atoms with E-state index in [1.54, 1.807) is 5.38 Å². The van der Waals surface area contributed by atoms with Gasteiger partial charge in [0.25, 0.3) is 5.91 Å². The third-order valence-electron chi connectivity index (χ3n) is 4.84. The molecule has 1 heterocycles. The first-order valence-corrected chi connectivity index (χ1v) is 10.7. The fourth-order valence-electron chi connectivity index (χ4n) is 3.22. The Morgan fingerprint density at radius 3 is 2.66 bits per heavy atom. The summed E-state index contributed by atoms with van der Waals surface area (Å²) in [5.41, 5.74) is 1.59. The number of esters is 1. The van der Waals surface area contributed by atoms with Gasteiger partial charge < -0.3 is 4.74 Å². The van der Waals surface area contributed by atoms with Crippen LogP contribution in [0.3, 0.4) is 0 Å². The molecule has 32 heavy (non-hydrogen) atoms. The van der Waals surface area contributed by atoms with Crippen LogP contribution in [0.5, 0.6) is 0 Å². The maximum atomic E-state index is 13.4. The Bertz CT molecular complexity index is 1300. The summed E-state index contributed by atoms with van der Waals surface area (Å²) in [7, 11) is 0. The number of hydrogen-bond donors (Lipinski definition) is 1. The Balaban J connectivity index is 1.37. The van der Waals surface area contributed by atoms with Gasteiger partial charge in [-0.1, -0.05) is 42.5 Å². The number of halogens is 2. The van der Waals surface area contributed by atoms with Crippen LogP contribution < -0.4 is 5.32 Å². The molecule has 0 aliphatic carbocycles. The molecule has 0 fully saturated rings. The van der Waals surface area contributed by atoms with Crippen molar-refractivity contribution in [2.75, 3.05) is 5.32 Å². The molecule has 1 unspecified atom stereocenters. The summed E-state index contributed by atoms with van der Waals surface area (Å²) in [6.07, 6.45) is -0.996. The topological polar surface area (TPSA) is 68.3 Å². The Kier molecular flexibility index (Phi) is 6.23. The molecule has 0 aliphatic heterocycles. The van der Waals surface area contributed by atoms with Crippen molar-refractivity contribution in [1.29, 1.82) is 0 Å². The summed E-state index contributed by atoms with van der Waals surface area (Å²) >= 11 is 1.12. The fraction of sp³-hybridized carbons (Fsp3) is 0.125. The van der Waals surface area contributed by atoms with Gasteiger partial charge in [-0.3, -0.25) is 14.9 Å². The van der Waals surface area contributed by atoms with Gasteiger partial charge in [-0.05, 0) is 41.5 Å². The third kappa shape index (κ3) is 4.81. The van der Waals surface area contributed by atoms with Gasteiger partial charge in [0, 0.05) is 10.9 Å². The van der Waals surface area contributed by atoms with Crippen LogP contribution in [0.15, 0.2) is 66.0 Å². The minimum absolute atomic E-state index is 0.0382. The lowest BCUT2D eigenvalue weighted by Gasteiger charge is -2.13. The average molecular weight is 452 g/mol. The van der Waals surface area contributed by atoms with E-state index in [-0.39, 0.29) is 11.6 Å². The molecule has 3 aromatic carbocycles. The van der Waals surface area contributed by atoms with Crippen LogP contribution in [0.4, 0.5) is 13.9 Å². The number of aromatic nitrogens is 1. The zero-order valence-corrected chi connectivity index (χ0v) is 17.8. The molecule has 0 saturated carbocycles. The van der Waals surface area contributed by atoms with Crippen LogP contribution in [0.1, 0.15) is 12.5 Å². The van der Waals surface area contributed by atoms with Crippen molar-refractivity contribution in [2.45, 2.75) is 19.4 Å². The quantitative estimate of drug-likeness (QED) is 0.400. The maximum absolute atomic E-state index is 13.4. The molecule has 0 spiro atoms. The molecule has 1 N–H and O–H groups in total. The highest BCUT2D eigenvalue weighted by Gasteiger charge is 2.20. The molecular weight excluding hydrogens is 434 g/mol.